The molecule has 0 saturated carbocycles. The van der Waals surface area contributed by atoms with Gasteiger partial charge in [-0.3, -0.25) is 9.52 Å². The monoisotopic (exact) mass is 403 g/mol. The van der Waals surface area contributed by atoms with Gasteiger partial charge >= 0.3 is 0 Å². The molecule has 0 unspecified atom stereocenters. The van der Waals surface area contributed by atoms with Crippen LogP contribution in [0.5, 0.6) is 5.75 Å². The Morgan fingerprint density at radius 1 is 1.07 bits per heavy atom. The number of para-hydroxylation sites is 1. The first-order valence-electron chi connectivity index (χ1n) is 7.90. The van der Waals surface area contributed by atoms with Gasteiger partial charge in [0, 0.05) is 5.69 Å². The molecule has 2 aromatic carbocycles. The Bertz CT molecular complexity index is 1050. The maximum absolute atomic E-state index is 12.5. The molecule has 0 spiro atoms. The lowest BCUT2D eigenvalue weighted by atomic mass is 10.3. The lowest BCUT2D eigenvalue weighted by Gasteiger charge is -2.06. The minimum absolute atomic E-state index is 0.0754. The van der Waals surface area contributed by atoms with Gasteiger partial charge < -0.3 is 10.1 Å². The summed E-state index contributed by atoms with van der Waals surface area (Å²) in [6, 6.07) is 15.0. The lowest BCUT2D eigenvalue weighted by molar-refractivity contribution is 0.103. The quantitative estimate of drug-likeness (QED) is 0.656. The zero-order chi connectivity index (χ0) is 19.4. The van der Waals surface area contributed by atoms with Crippen molar-refractivity contribution in [1.29, 1.82) is 0 Å². The zero-order valence-electron chi connectivity index (χ0n) is 14.6. The van der Waals surface area contributed by atoms with Crippen LogP contribution in [0.4, 0.5) is 10.8 Å². The number of ether oxygens (including phenoxy) is 1. The smallest absolute Gasteiger partial charge is 0.267 e. The minimum Gasteiger partial charge on any atom is -0.497 e. The second-order valence-corrected chi connectivity index (χ2v) is 8.22. The third-order valence-electron chi connectivity index (χ3n) is 3.63. The number of methoxy groups -OCH3 is 1. The van der Waals surface area contributed by atoms with Crippen LogP contribution >= 0.6 is 11.3 Å². The summed E-state index contributed by atoms with van der Waals surface area (Å²) in [5, 5.41) is 2.89. The van der Waals surface area contributed by atoms with Crippen molar-refractivity contribution >= 4 is 38.1 Å². The fraction of sp³-hybridized carbons (Fsp3) is 0.111. The average Bonchev–Trinajstić information content (AvgIpc) is 3.02. The number of nitrogens with one attached hydrogen (secondary N) is 2. The molecule has 140 valence electrons. The number of hydrogen-bond acceptors (Lipinski definition) is 6. The number of benzene rings is 2. The highest BCUT2D eigenvalue weighted by molar-refractivity contribution is 7.93. The Labute approximate surface area is 161 Å². The van der Waals surface area contributed by atoms with Crippen LogP contribution in [-0.2, 0) is 10.0 Å². The van der Waals surface area contributed by atoms with Crippen molar-refractivity contribution in [3.63, 3.8) is 0 Å². The summed E-state index contributed by atoms with van der Waals surface area (Å²) >= 11 is 0.978. The number of hydrogen-bond donors (Lipinski definition) is 2. The van der Waals surface area contributed by atoms with E-state index in [2.05, 4.69) is 15.0 Å². The molecule has 0 aliphatic rings. The molecular weight excluding hydrogens is 386 g/mol. The molecule has 0 radical (unpaired) electrons. The summed E-state index contributed by atoms with van der Waals surface area (Å²) in [5.74, 6) is 0.213. The van der Waals surface area contributed by atoms with Gasteiger partial charge in [-0.15, -0.1) is 0 Å². The molecule has 0 saturated heterocycles. The van der Waals surface area contributed by atoms with Crippen molar-refractivity contribution in [3.05, 3.63) is 65.2 Å². The second kappa shape index (κ2) is 7.77. The molecule has 7 nitrogen and oxygen atoms in total. The summed E-state index contributed by atoms with van der Waals surface area (Å²) in [4.78, 5) is 17.0. The first-order chi connectivity index (χ1) is 12.9. The largest absolute Gasteiger partial charge is 0.497 e. The van der Waals surface area contributed by atoms with Crippen molar-refractivity contribution in [2.75, 3.05) is 17.1 Å². The zero-order valence-corrected chi connectivity index (χ0v) is 16.2. The molecule has 2 N–H and O–H groups in total. The van der Waals surface area contributed by atoms with E-state index in [4.69, 9.17) is 4.74 Å². The van der Waals surface area contributed by atoms with E-state index in [-0.39, 0.29) is 15.9 Å². The van der Waals surface area contributed by atoms with Gasteiger partial charge in [-0.1, -0.05) is 29.5 Å². The number of amides is 1. The number of carbonyl (C=O) groups excluding carboxylic acids is 1. The number of thiazole rings is 1. The highest BCUT2D eigenvalue weighted by atomic mass is 32.2. The van der Waals surface area contributed by atoms with Gasteiger partial charge in [0.25, 0.3) is 15.9 Å². The van der Waals surface area contributed by atoms with Crippen molar-refractivity contribution < 1.29 is 17.9 Å². The molecule has 9 heteroatoms. The second-order valence-electron chi connectivity index (χ2n) is 5.53. The van der Waals surface area contributed by atoms with Crippen molar-refractivity contribution in [3.8, 4) is 5.75 Å². The molecule has 1 aromatic heterocycles. The van der Waals surface area contributed by atoms with Crippen LogP contribution in [0.2, 0.25) is 0 Å². The molecule has 0 bridgehead atoms. The van der Waals surface area contributed by atoms with Crippen LogP contribution in [0.3, 0.4) is 0 Å². The number of sulfonamides is 1. The van der Waals surface area contributed by atoms with Gasteiger partial charge in [0.2, 0.25) is 0 Å². The summed E-state index contributed by atoms with van der Waals surface area (Å²) in [6.45, 7) is 1.65. The van der Waals surface area contributed by atoms with E-state index >= 15 is 0 Å². The van der Waals surface area contributed by atoms with E-state index in [0.29, 0.717) is 22.0 Å². The Morgan fingerprint density at radius 3 is 2.37 bits per heavy atom. The van der Waals surface area contributed by atoms with Crippen LogP contribution in [0.15, 0.2) is 59.5 Å². The molecule has 0 aliphatic carbocycles. The normalized spacial score (nSPS) is 11.0. The molecule has 0 aliphatic heterocycles. The molecule has 1 amide bonds. The standard InChI is InChI=1S/C18H17N3O4S2/c1-12-16(17(22)20-13-6-4-3-5-7-13)26-18(19-12)21-27(23,24)15-10-8-14(25-2)9-11-15/h3-11H,1-2H3,(H,19,21)(H,20,22). The van der Waals surface area contributed by atoms with Crippen molar-refractivity contribution in [2.45, 2.75) is 11.8 Å². The number of aromatic nitrogens is 1. The van der Waals surface area contributed by atoms with Crippen LogP contribution in [0.1, 0.15) is 15.4 Å². The number of nitrogens with zero attached hydrogens (tertiary/aromatic N) is 1. The predicted octanol–water partition coefficient (Wildman–Crippen LogP) is 3.51. The number of carbonyl (C=O) groups is 1. The van der Waals surface area contributed by atoms with Gasteiger partial charge in [-0.2, -0.15) is 0 Å². The first kappa shape index (κ1) is 18.9. The molecule has 27 heavy (non-hydrogen) atoms. The molecule has 3 aromatic rings. The SMILES string of the molecule is COc1ccc(S(=O)(=O)Nc2nc(C)c(C(=O)Nc3ccccc3)s2)cc1. The van der Waals surface area contributed by atoms with Crippen molar-refractivity contribution in [1.82, 2.24) is 4.98 Å². The molecule has 3 rings (SSSR count). The van der Waals surface area contributed by atoms with Crippen LogP contribution < -0.4 is 14.8 Å². The molecule has 0 fully saturated rings. The maximum Gasteiger partial charge on any atom is 0.267 e. The summed E-state index contributed by atoms with van der Waals surface area (Å²) in [6.07, 6.45) is 0. The van der Waals surface area contributed by atoms with Crippen molar-refractivity contribution in [2.24, 2.45) is 0 Å². The third kappa shape index (κ3) is 4.44. The van der Waals surface area contributed by atoms with E-state index < -0.39 is 10.0 Å². The van der Waals surface area contributed by atoms with Gasteiger partial charge in [-0.25, -0.2) is 13.4 Å². The Morgan fingerprint density at radius 2 is 1.74 bits per heavy atom. The maximum atomic E-state index is 12.5. The lowest BCUT2D eigenvalue weighted by Crippen LogP contribution is -2.12. The van der Waals surface area contributed by atoms with Crippen LogP contribution in [-0.4, -0.2) is 26.4 Å². The first-order valence-corrected chi connectivity index (χ1v) is 10.2. The van der Waals surface area contributed by atoms with E-state index in [0.717, 1.165) is 11.3 Å². The van der Waals surface area contributed by atoms with Gasteiger partial charge in [0.15, 0.2) is 5.13 Å². The van der Waals surface area contributed by atoms with E-state index in [9.17, 15) is 13.2 Å². The fourth-order valence-electron chi connectivity index (χ4n) is 2.29. The molecule has 0 atom stereocenters. The molecule has 1 heterocycles. The third-order valence-corrected chi connectivity index (χ3v) is 6.18. The van der Waals surface area contributed by atoms with Crippen LogP contribution in [0.25, 0.3) is 0 Å². The fourth-order valence-corrected chi connectivity index (χ4v) is 4.39. The van der Waals surface area contributed by atoms with Crippen LogP contribution in [0, 0.1) is 6.92 Å². The highest BCUT2D eigenvalue weighted by Crippen LogP contribution is 2.26. The number of aryl methyl sites for hydroxylation is 1. The predicted molar refractivity (Wildman–Crippen MR) is 105 cm³/mol. The Hall–Kier alpha value is -2.91. The number of anilines is 2. The Balaban J connectivity index is 1.78. The number of rotatable bonds is 6. The van der Waals surface area contributed by atoms with Gasteiger partial charge in [0.05, 0.1) is 17.7 Å². The van der Waals surface area contributed by atoms with E-state index in [1.807, 2.05) is 18.2 Å². The Kier molecular flexibility index (Phi) is 5.43. The van der Waals surface area contributed by atoms with Gasteiger partial charge in [0.1, 0.15) is 10.6 Å². The topological polar surface area (TPSA) is 97.4 Å². The summed E-state index contributed by atoms with van der Waals surface area (Å²) < 4.78 is 32.4. The highest BCUT2D eigenvalue weighted by Gasteiger charge is 2.20. The van der Waals surface area contributed by atoms with E-state index in [1.165, 1.54) is 19.2 Å². The summed E-state index contributed by atoms with van der Waals surface area (Å²) in [5.41, 5.74) is 1.09. The van der Waals surface area contributed by atoms with E-state index in [1.54, 1.807) is 31.2 Å². The van der Waals surface area contributed by atoms with Gasteiger partial charge in [-0.05, 0) is 43.3 Å². The molecular formula is C18H17N3O4S2. The average molecular weight is 403 g/mol. The summed E-state index contributed by atoms with van der Waals surface area (Å²) in [7, 11) is -2.31. The minimum atomic E-state index is -3.82.